The Balaban J connectivity index is 1.55. The second kappa shape index (κ2) is 6.04. The molecule has 3 aromatic rings. The number of amides is 1. The lowest BCUT2D eigenvalue weighted by Gasteiger charge is -2.19. The highest BCUT2D eigenvalue weighted by Crippen LogP contribution is 2.30. The molecular formula is C17H16BN5O3. The van der Waals surface area contributed by atoms with Crippen molar-refractivity contribution >= 4 is 24.2 Å². The molecule has 0 bridgehead atoms. The van der Waals surface area contributed by atoms with Crippen LogP contribution in [-0.2, 0) is 10.3 Å². The van der Waals surface area contributed by atoms with Gasteiger partial charge in [-0.25, -0.2) is 9.67 Å². The van der Waals surface area contributed by atoms with Crippen molar-refractivity contribution in [2.24, 2.45) is 0 Å². The summed E-state index contributed by atoms with van der Waals surface area (Å²) >= 11 is 0. The van der Waals surface area contributed by atoms with E-state index in [2.05, 4.69) is 20.6 Å². The van der Waals surface area contributed by atoms with Gasteiger partial charge in [0.2, 0.25) is 0 Å². The largest absolute Gasteiger partial charge is 0.492 e. The van der Waals surface area contributed by atoms with Crippen molar-refractivity contribution in [1.82, 2.24) is 20.0 Å². The van der Waals surface area contributed by atoms with Gasteiger partial charge in [0, 0.05) is 11.9 Å². The van der Waals surface area contributed by atoms with E-state index in [1.165, 1.54) is 10.9 Å². The Morgan fingerprint density at radius 3 is 2.92 bits per heavy atom. The van der Waals surface area contributed by atoms with Gasteiger partial charge in [-0.3, -0.25) is 4.79 Å². The number of fused-ring (bicyclic) bond motifs is 1. The molecule has 0 radical (unpaired) electrons. The SMILES string of the molecule is CC1(C)OB(O)c2cc(NC(=O)c3cn(-c4ccccn4)nn3)ccc21. The number of anilines is 1. The Kier molecular flexibility index (Phi) is 3.82. The number of nitrogens with one attached hydrogen (secondary N) is 1. The number of carbonyl (C=O) groups is 1. The number of benzene rings is 1. The van der Waals surface area contributed by atoms with Crippen LogP contribution in [0.4, 0.5) is 5.69 Å². The van der Waals surface area contributed by atoms with E-state index >= 15 is 0 Å². The van der Waals surface area contributed by atoms with Crippen molar-refractivity contribution < 1.29 is 14.5 Å². The molecule has 0 aliphatic carbocycles. The van der Waals surface area contributed by atoms with Gasteiger partial charge in [0.1, 0.15) is 0 Å². The van der Waals surface area contributed by atoms with Crippen molar-refractivity contribution in [2.75, 3.05) is 5.32 Å². The van der Waals surface area contributed by atoms with Gasteiger partial charge < -0.3 is 15.0 Å². The molecule has 0 saturated carbocycles. The molecule has 2 aromatic heterocycles. The first-order valence-electron chi connectivity index (χ1n) is 8.09. The number of nitrogens with zero attached hydrogens (tertiary/aromatic N) is 4. The normalized spacial score (nSPS) is 15.0. The van der Waals surface area contributed by atoms with E-state index in [0.717, 1.165) is 5.56 Å². The Hall–Kier alpha value is -3.04. The molecule has 130 valence electrons. The van der Waals surface area contributed by atoms with Crippen LogP contribution in [0.3, 0.4) is 0 Å². The minimum absolute atomic E-state index is 0.160. The molecule has 1 aromatic carbocycles. The maximum atomic E-state index is 12.4. The predicted octanol–water partition coefficient (Wildman–Crippen LogP) is 0.867. The van der Waals surface area contributed by atoms with Crippen LogP contribution in [0.2, 0.25) is 0 Å². The molecule has 0 atom stereocenters. The lowest BCUT2D eigenvalue weighted by Crippen LogP contribution is -2.29. The fourth-order valence-corrected chi connectivity index (χ4v) is 2.96. The first kappa shape index (κ1) is 16.4. The number of pyridine rings is 1. The molecule has 0 fully saturated rings. The van der Waals surface area contributed by atoms with Crippen LogP contribution in [0.1, 0.15) is 29.9 Å². The van der Waals surface area contributed by atoms with E-state index in [4.69, 9.17) is 4.65 Å². The summed E-state index contributed by atoms with van der Waals surface area (Å²) in [6, 6.07) is 10.7. The smallest absolute Gasteiger partial charge is 0.423 e. The lowest BCUT2D eigenvalue weighted by molar-refractivity contribution is 0.100. The van der Waals surface area contributed by atoms with Crippen molar-refractivity contribution in [1.29, 1.82) is 0 Å². The van der Waals surface area contributed by atoms with Crippen LogP contribution in [0.15, 0.2) is 48.8 Å². The fraction of sp³-hybridized carbons (Fsp3) is 0.176. The second-order valence-corrected chi connectivity index (χ2v) is 6.47. The van der Waals surface area contributed by atoms with Gasteiger partial charge in [0.05, 0.1) is 11.8 Å². The molecule has 9 heteroatoms. The fourth-order valence-electron chi connectivity index (χ4n) is 2.96. The molecular weight excluding hydrogens is 333 g/mol. The summed E-state index contributed by atoms with van der Waals surface area (Å²) in [5.41, 5.74) is 1.67. The molecule has 1 amide bonds. The summed E-state index contributed by atoms with van der Waals surface area (Å²) in [6.45, 7) is 3.77. The van der Waals surface area contributed by atoms with Crippen molar-refractivity contribution in [2.45, 2.75) is 19.4 Å². The van der Waals surface area contributed by atoms with Crippen LogP contribution in [0, 0.1) is 0 Å². The molecule has 4 rings (SSSR count). The molecule has 26 heavy (non-hydrogen) atoms. The highest BCUT2D eigenvalue weighted by atomic mass is 16.5. The van der Waals surface area contributed by atoms with Gasteiger partial charge in [-0.15, -0.1) is 5.10 Å². The Bertz CT molecular complexity index is 974. The summed E-state index contributed by atoms with van der Waals surface area (Å²) in [6.07, 6.45) is 3.14. The molecule has 0 spiro atoms. The lowest BCUT2D eigenvalue weighted by atomic mass is 9.78. The van der Waals surface area contributed by atoms with E-state index in [1.807, 2.05) is 26.0 Å². The van der Waals surface area contributed by atoms with Crippen LogP contribution in [-0.4, -0.2) is 38.0 Å². The molecule has 0 saturated heterocycles. The first-order chi connectivity index (χ1) is 12.4. The zero-order chi connectivity index (χ0) is 18.3. The number of hydrogen-bond donors (Lipinski definition) is 2. The van der Waals surface area contributed by atoms with Gasteiger partial charge in [-0.1, -0.05) is 17.3 Å². The number of aromatic nitrogens is 4. The van der Waals surface area contributed by atoms with E-state index in [9.17, 15) is 9.82 Å². The van der Waals surface area contributed by atoms with Crippen LogP contribution in [0.25, 0.3) is 5.82 Å². The zero-order valence-corrected chi connectivity index (χ0v) is 14.2. The first-order valence-corrected chi connectivity index (χ1v) is 8.09. The van der Waals surface area contributed by atoms with Crippen LogP contribution >= 0.6 is 0 Å². The van der Waals surface area contributed by atoms with Gasteiger partial charge in [-0.05, 0) is 49.1 Å². The Morgan fingerprint density at radius 1 is 1.31 bits per heavy atom. The maximum absolute atomic E-state index is 12.4. The van der Waals surface area contributed by atoms with Crippen LogP contribution < -0.4 is 10.8 Å². The van der Waals surface area contributed by atoms with E-state index in [-0.39, 0.29) is 5.69 Å². The summed E-state index contributed by atoms with van der Waals surface area (Å²) in [5.74, 6) is 0.166. The Morgan fingerprint density at radius 2 is 2.15 bits per heavy atom. The van der Waals surface area contributed by atoms with Gasteiger partial charge in [-0.2, -0.15) is 0 Å². The van der Waals surface area contributed by atoms with Gasteiger partial charge >= 0.3 is 7.12 Å². The third kappa shape index (κ3) is 2.87. The van der Waals surface area contributed by atoms with Crippen molar-refractivity contribution in [3.05, 3.63) is 60.0 Å². The van der Waals surface area contributed by atoms with Crippen molar-refractivity contribution in [3.63, 3.8) is 0 Å². The molecule has 0 unspecified atom stereocenters. The summed E-state index contributed by atoms with van der Waals surface area (Å²) in [4.78, 5) is 16.6. The number of hydrogen-bond acceptors (Lipinski definition) is 6. The summed E-state index contributed by atoms with van der Waals surface area (Å²) in [5, 5.41) is 20.6. The monoisotopic (exact) mass is 349 g/mol. The van der Waals surface area contributed by atoms with E-state index in [0.29, 0.717) is 17.0 Å². The maximum Gasteiger partial charge on any atom is 0.492 e. The molecule has 8 nitrogen and oxygen atoms in total. The van der Waals surface area contributed by atoms with Gasteiger partial charge in [0.15, 0.2) is 11.5 Å². The van der Waals surface area contributed by atoms with Crippen molar-refractivity contribution in [3.8, 4) is 5.82 Å². The van der Waals surface area contributed by atoms with Crippen LogP contribution in [0.5, 0.6) is 0 Å². The molecule has 2 N–H and O–H groups in total. The quantitative estimate of drug-likeness (QED) is 0.681. The van der Waals surface area contributed by atoms with E-state index < -0.39 is 18.6 Å². The summed E-state index contributed by atoms with van der Waals surface area (Å²) in [7, 11) is -1.01. The zero-order valence-electron chi connectivity index (χ0n) is 14.2. The number of carbonyl (C=O) groups excluding carboxylic acids is 1. The summed E-state index contributed by atoms with van der Waals surface area (Å²) < 4.78 is 6.95. The average molecular weight is 349 g/mol. The second-order valence-electron chi connectivity index (χ2n) is 6.47. The minimum Gasteiger partial charge on any atom is -0.423 e. The Labute approximate surface area is 150 Å². The third-order valence-electron chi connectivity index (χ3n) is 4.24. The highest BCUT2D eigenvalue weighted by molar-refractivity contribution is 6.62. The molecule has 1 aliphatic heterocycles. The topological polar surface area (TPSA) is 102 Å². The van der Waals surface area contributed by atoms with Gasteiger partial charge in [0.25, 0.3) is 5.91 Å². The highest BCUT2D eigenvalue weighted by Gasteiger charge is 2.40. The standard InChI is InChI=1S/C17H16BN5O3/c1-17(2)12-7-6-11(9-13(12)18(25)26-17)20-16(24)14-10-23(22-21-14)15-5-3-4-8-19-15/h3-10,25H,1-2H3,(H,20,24). The van der Waals surface area contributed by atoms with E-state index in [1.54, 1.807) is 30.5 Å². The minimum atomic E-state index is -1.01. The average Bonchev–Trinajstić information content (AvgIpc) is 3.19. The predicted molar refractivity (Wildman–Crippen MR) is 95.3 cm³/mol. The molecule has 1 aliphatic rings. The number of rotatable bonds is 3. The third-order valence-corrected chi connectivity index (χ3v) is 4.24. The molecule has 3 heterocycles.